The lowest BCUT2D eigenvalue weighted by Gasteiger charge is -2.57. The average Bonchev–Trinajstić information content (AvgIpc) is 3.20. The van der Waals surface area contributed by atoms with E-state index in [9.17, 15) is 0 Å². The van der Waals surface area contributed by atoms with Gasteiger partial charge in [0.15, 0.2) is 0 Å². The topological polar surface area (TPSA) is 4.93 Å². The van der Waals surface area contributed by atoms with Crippen LogP contribution in [0.15, 0.2) is 30.3 Å². The lowest BCUT2D eigenvalue weighted by molar-refractivity contribution is -0.00587. The Morgan fingerprint density at radius 1 is 0.613 bits per heavy atom. The first-order valence-electron chi connectivity index (χ1n) is 13.2. The van der Waals surface area contributed by atoms with Crippen molar-refractivity contribution in [2.75, 3.05) is 0 Å². The molecule has 8 aliphatic carbocycles. The minimum absolute atomic E-state index is 0.531. The first kappa shape index (κ1) is 18.7. The molecule has 8 saturated carbocycles. The molecule has 0 unspecified atom stereocenters. The molecule has 1 heterocycles. The van der Waals surface area contributed by atoms with E-state index in [1.54, 1.807) is 55.1 Å². The van der Waals surface area contributed by atoms with Crippen LogP contribution in [0.2, 0.25) is 0 Å². The van der Waals surface area contributed by atoms with Crippen LogP contribution < -0.4 is 0 Å². The van der Waals surface area contributed by atoms with Gasteiger partial charge in [-0.1, -0.05) is 18.2 Å². The molecule has 8 aliphatic rings. The Hall–Kier alpha value is -0.640. The summed E-state index contributed by atoms with van der Waals surface area (Å²) < 4.78 is 2.84. The van der Waals surface area contributed by atoms with E-state index in [0.717, 1.165) is 35.5 Å². The summed E-state index contributed by atoms with van der Waals surface area (Å²) in [6, 6.07) is 11.5. The van der Waals surface area contributed by atoms with Crippen molar-refractivity contribution in [3.8, 4) is 5.69 Å². The molecule has 0 spiro atoms. The van der Waals surface area contributed by atoms with Gasteiger partial charge in [-0.15, -0.1) is 0 Å². The molecule has 0 aliphatic heterocycles. The van der Waals surface area contributed by atoms with E-state index in [-0.39, 0.29) is 0 Å². The second-order valence-electron chi connectivity index (χ2n) is 12.9. The molecule has 162 valence electrons. The lowest BCUT2D eigenvalue weighted by atomic mass is 9.50. The van der Waals surface area contributed by atoms with Crippen LogP contribution in [-0.4, -0.2) is 4.33 Å². The van der Waals surface area contributed by atoms with E-state index in [0.29, 0.717) is 10.8 Å². The molecule has 0 amide bonds. The highest BCUT2D eigenvalue weighted by Gasteiger charge is 2.56. The second kappa shape index (κ2) is 6.48. The van der Waals surface area contributed by atoms with Crippen molar-refractivity contribution in [3.05, 3.63) is 40.8 Å². The van der Waals surface area contributed by atoms with Gasteiger partial charge in [0.1, 0.15) is 0 Å². The summed E-state index contributed by atoms with van der Waals surface area (Å²) in [5.41, 5.74) is 4.45. The summed E-state index contributed by atoms with van der Waals surface area (Å²) in [6.07, 6.45) is 18.5. The highest BCUT2D eigenvalue weighted by atomic mass is 31.1. The van der Waals surface area contributed by atoms with Gasteiger partial charge in [0.2, 0.25) is 0 Å². The third-order valence-corrected chi connectivity index (χ3v) is 14.2. The molecule has 1 nitrogen and oxygen atoms in total. The van der Waals surface area contributed by atoms with Crippen molar-refractivity contribution in [2.45, 2.75) is 87.9 Å². The predicted octanol–water partition coefficient (Wildman–Crippen LogP) is 8.57. The van der Waals surface area contributed by atoms with E-state index in [1.165, 1.54) is 44.2 Å². The van der Waals surface area contributed by atoms with Crippen molar-refractivity contribution in [1.82, 2.24) is 4.33 Å². The van der Waals surface area contributed by atoms with Crippen LogP contribution >= 0.6 is 16.5 Å². The predicted molar refractivity (Wildman–Crippen MR) is 130 cm³/mol. The first-order valence-corrected chi connectivity index (χ1v) is 14.9. The number of nitrogens with zero attached hydrogens (tertiary/aromatic N) is 1. The second-order valence-corrected chi connectivity index (χ2v) is 15.4. The third kappa shape index (κ3) is 2.75. The van der Waals surface area contributed by atoms with Crippen LogP contribution in [0.25, 0.3) is 5.69 Å². The number of hydrogen-bond donors (Lipinski definition) is 0. The van der Waals surface area contributed by atoms with Gasteiger partial charge in [0.25, 0.3) is 0 Å². The summed E-state index contributed by atoms with van der Waals surface area (Å²) in [5, 5.41) is 1.93. The molecule has 0 N–H and O–H groups in total. The quantitative estimate of drug-likeness (QED) is 0.444. The molecule has 31 heavy (non-hydrogen) atoms. The normalized spacial score (nSPS) is 47.2. The maximum absolute atomic E-state index is 2.84. The van der Waals surface area contributed by atoms with Crippen LogP contribution in [0.4, 0.5) is 0 Å². The van der Waals surface area contributed by atoms with Crippen molar-refractivity contribution in [1.29, 1.82) is 0 Å². The highest BCUT2D eigenvalue weighted by molar-refractivity contribution is 7.47. The smallest absolute Gasteiger partial charge is 0.0608 e. The third-order valence-electron chi connectivity index (χ3n) is 10.6. The van der Waals surface area contributed by atoms with Gasteiger partial charge in [-0.3, -0.25) is 4.33 Å². The van der Waals surface area contributed by atoms with Crippen molar-refractivity contribution < 1.29 is 0 Å². The largest absolute Gasteiger partial charge is 0.291 e. The van der Waals surface area contributed by atoms with Crippen molar-refractivity contribution in [2.24, 2.45) is 35.5 Å². The van der Waals surface area contributed by atoms with Crippen LogP contribution in [0.5, 0.6) is 0 Å². The standard InChI is InChI=1S/C28H35NP2/c1-2-4-24(5-3-1)29-25(27-12-18-6-19(13-27)8-20(7-18)14-27)30-26(31-29)28-15-21-9-22(16-28)11-23(10-21)17-28/h1-5,18-23H,6-17H2. The maximum atomic E-state index is 2.84. The minimum atomic E-state index is 0.531. The number of aromatic nitrogens is 1. The zero-order valence-corrected chi connectivity index (χ0v) is 20.5. The van der Waals surface area contributed by atoms with E-state index < -0.39 is 0 Å². The molecule has 0 radical (unpaired) electrons. The van der Waals surface area contributed by atoms with Gasteiger partial charge < -0.3 is 0 Å². The minimum Gasteiger partial charge on any atom is -0.291 e. The van der Waals surface area contributed by atoms with Gasteiger partial charge in [0.05, 0.1) is 5.43 Å². The Balaban J connectivity index is 1.28. The molecule has 3 heteroatoms. The molecule has 0 saturated heterocycles. The van der Waals surface area contributed by atoms with E-state index >= 15 is 0 Å². The summed E-state index contributed by atoms with van der Waals surface area (Å²) >= 11 is 0. The fourth-order valence-corrected chi connectivity index (χ4v) is 14.1. The molecule has 10 rings (SSSR count). The van der Waals surface area contributed by atoms with E-state index in [1.807, 2.05) is 10.5 Å². The Bertz CT molecular complexity index is 950. The summed E-state index contributed by atoms with van der Waals surface area (Å²) in [5.74, 6) is 6.26. The zero-order valence-electron chi connectivity index (χ0n) is 18.7. The number of para-hydroxylation sites is 1. The molecule has 1 aromatic heterocycles. The summed E-state index contributed by atoms with van der Waals surface area (Å²) in [7, 11) is 3.25. The molecule has 8 fully saturated rings. The van der Waals surface area contributed by atoms with Crippen LogP contribution in [0.1, 0.15) is 87.5 Å². The number of benzene rings is 1. The average molecular weight is 448 g/mol. The molecule has 2 aromatic rings. The fraction of sp³-hybridized carbons (Fsp3) is 0.714. The summed E-state index contributed by atoms with van der Waals surface area (Å²) in [4.78, 5) is 0. The van der Waals surface area contributed by atoms with Crippen molar-refractivity contribution >= 4 is 16.5 Å². The lowest BCUT2D eigenvalue weighted by Crippen LogP contribution is -2.49. The van der Waals surface area contributed by atoms with E-state index in [4.69, 9.17) is 0 Å². The van der Waals surface area contributed by atoms with Crippen LogP contribution in [0.3, 0.4) is 0 Å². The Morgan fingerprint density at radius 2 is 1.06 bits per heavy atom. The molecule has 1 aromatic carbocycles. The van der Waals surface area contributed by atoms with E-state index in [2.05, 4.69) is 34.7 Å². The molecule has 0 atom stereocenters. The molecular formula is C28H35NP2. The van der Waals surface area contributed by atoms with Gasteiger partial charge in [-0.25, -0.2) is 0 Å². The number of hydrogen-bond acceptors (Lipinski definition) is 0. The van der Waals surface area contributed by atoms with Crippen LogP contribution in [-0.2, 0) is 10.8 Å². The van der Waals surface area contributed by atoms with Gasteiger partial charge in [-0.05, 0) is 133 Å². The molecular weight excluding hydrogens is 412 g/mol. The highest BCUT2D eigenvalue weighted by Crippen LogP contribution is 2.67. The van der Waals surface area contributed by atoms with Gasteiger partial charge >= 0.3 is 0 Å². The Labute approximate surface area is 190 Å². The van der Waals surface area contributed by atoms with Crippen molar-refractivity contribution in [3.63, 3.8) is 0 Å². The zero-order chi connectivity index (χ0) is 20.2. The first-order chi connectivity index (χ1) is 15.2. The fourth-order valence-electron chi connectivity index (χ4n) is 10.4. The van der Waals surface area contributed by atoms with Gasteiger partial charge in [-0.2, -0.15) is 0 Å². The monoisotopic (exact) mass is 447 g/mol. The number of rotatable bonds is 3. The summed E-state index contributed by atoms with van der Waals surface area (Å²) in [6.45, 7) is 0. The Morgan fingerprint density at radius 3 is 1.55 bits per heavy atom. The van der Waals surface area contributed by atoms with Crippen LogP contribution in [0, 0.1) is 35.5 Å². The maximum Gasteiger partial charge on any atom is 0.0608 e. The SMILES string of the molecule is c1ccc(-n2pc(C34CC5CC(CC(C5)C3)C4)pc2C23CC4CC(CC(C4)C2)C3)cc1. The van der Waals surface area contributed by atoms with Gasteiger partial charge in [0, 0.05) is 29.9 Å². The molecule has 8 bridgehead atoms. The Kier molecular flexibility index (Phi) is 3.92.